The van der Waals surface area contributed by atoms with Gasteiger partial charge in [0.1, 0.15) is 35.9 Å². The zero-order valence-corrected chi connectivity index (χ0v) is 37.5. The number of anilines is 2. The second-order valence-corrected chi connectivity index (χ2v) is 15.7. The smallest absolute Gasteiger partial charge is 0.326 e. The van der Waals surface area contributed by atoms with Gasteiger partial charge in [-0.1, -0.05) is 46.2 Å². The van der Waals surface area contributed by atoms with E-state index in [1.165, 1.54) is 25.1 Å². The molecule has 0 aromatic heterocycles. The second-order valence-electron chi connectivity index (χ2n) is 15.7. The molecule has 0 aliphatic heterocycles. The largest absolute Gasteiger partial charge is 0.480 e. The number of carboxylic acid groups (broad SMARTS) is 1. The molecule has 0 heterocycles. The Bertz CT molecular complexity index is 2100. The van der Waals surface area contributed by atoms with Crippen LogP contribution in [0.4, 0.5) is 22.7 Å². The van der Waals surface area contributed by atoms with Gasteiger partial charge in [-0.3, -0.25) is 54.0 Å². The van der Waals surface area contributed by atoms with E-state index in [2.05, 4.69) is 42.2 Å². The average Bonchev–Trinajstić information content (AvgIpc) is 3.26. The molecule has 0 aliphatic carbocycles. The maximum absolute atomic E-state index is 13.8. The molecule has 14 N–H and O–H groups in total. The number of unbranched alkanes of at least 4 members (excludes halogenated alkanes) is 1. The standard InChI is InChI=1S/C41H61N13O12/c1-6-23(4)34(51-32(55)21-47-36(57)26-12-7-8-13-27(26)42)39(60)52-33(22(2)3)38(59)49-29(15-11-19-46-41(43)44)37(58)48-24(5)35(56)50-30(40(61)62)14-9-10-18-45-28-17-16-25(53(63)64)20-31(28)54(65)66/h7-8,12-13,16-17,20,22-24,29-30,33-34,45H,6,9-11,14-15,18-19,21,42H2,1-5H3,(H,47,57)(H,48,58)(H,49,59)(H,50,56)(H,51,55)(H,52,60)(H,61,62)(H4,43,44,46)/t23-,24+,29+,30+,33+,34+/m1/s1. The Hall–Kier alpha value is -7.60. The van der Waals surface area contributed by atoms with Gasteiger partial charge in [-0.25, -0.2) is 4.79 Å². The molecule has 2 rings (SSSR count). The summed E-state index contributed by atoms with van der Waals surface area (Å²) in [6.07, 6.45) is 1.02. The number of nitro benzene ring substituents is 2. The van der Waals surface area contributed by atoms with Crippen LogP contribution in [0.2, 0.25) is 0 Å². The van der Waals surface area contributed by atoms with Gasteiger partial charge in [0.2, 0.25) is 29.5 Å². The first-order valence-electron chi connectivity index (χ1n) is 21.2. The Kier molecular flexibility index (Phi) is 22.2. The molecular formula is C41H61N13O12. The lowest BCUT2D eigenvalue weighted by Gasteiger charge is -2.29. The molecule has 0 radical (unpaired) electrons. The third-order valence-corrected chi connectivity index (χ3v) is 10.2. The summed E-state index contributed by atoms with van der Waals surface area (Å²) in [6, 6.07) is 3.01. The van der Waals surface area contributed by atoms with Gasteiger partial charge in [0.25, 0.3) is 17.3 Å². The molecule has 25 heteroatoms. The van der Waals surface area contributed by atoms with Crippen LogP contribution >= 0.6 is 0 Å². The molecule has 0 bridgehead atoms. The number of hydrogen-bond donors (Lipinski definition) is 11. The van der Waals surface area contributed by atoms with E-state index in [1.807, 2.05) is 0 Å². The number of para-hydroxylation sites is 1. The average molecular weight is 928 g/mol. The maximum Gasteiger partial charge on any atom is 0.326 e. The normalized spacial score (nSPS) is 13.5. The Morgan fingerprint density at radius 1 is 0.758 bits per heavy atom. The van der Waals surface area contributed by atoms with Crippen LogP contribution in [-0.4, -0.2) is 112 Å². The Balaban J connectivity index is 2.10. The molecular weight excluding hydrogens is 867 g/mol. The zero-order chi connectivity index (χ0) is 49.7. The lowest BCUT2D eigenvalue weighted by Crippen LogP contribution is -2.60. The van der Waals surface area contributed by atoms with E-state index < -0.39 is 111 Å². The summed E-state index contributed by atoms with van der Waals surface area (Å²) in [4.78, 5) is 117. The van der Waals surface area contributed by atoms with E-state index in [0.29, 0.717) is 6.42 Å². The summed E-state index contributed by atoms with van der Waals surface area (Å²) >= 11 is 0. The fraction of sp³-hybridized carbons (Fsp3) is 0.512. The SMILES string of the molecule is CC[C@@H](C)[C@H](NC(=O)CNC(=O)c1ccccc1N)C(=O)N[C@H](C(=O)N[C@@H](CCCN=C(N)N)C(=O)N[C@@H](C)C(=O)N[C@@H](CCCCNc1ccc([N+](=O)[O-])cc1[N+](=O)[O-])C(=O)O)C(C)C. The molecule has 2 aromatic rings. The van der Waals surface area contributed by atoms with Crippen LogP contribution < -0.4 is 54.4 Å². The second kappa shape index (κ2) is 26.9. The van der Waals surface area contributed by atoms with E-state index in [1.54, 1.807) is 39.8 Å². The minimum absolute atomic E-state index is 0.0282. The Labute approximate surface area is 380 Å². The van der Waals surface area contributed by atoms with Gasteiger partial charge in [0.15, 0.2) is 5.96 Å². The summed E-state index contributed by atoms with van der Waals surface area (Å²) in [5.74, 6) is -7.01. The van der Waals surface area contributed by atoms with Gasteiger partial charge in [-0.15, -0.1) is 0 Å². The van der Waals surface area contributed by atoms with Crippen molar-refractivity contribution in [2.75, 3.05) is 30.7 Å². The Morgan fingerprint density at radius 3 is 1.98 bits per heavy atom. The predicted octanol–water partition coefficient (Wildman–Crippen LogP) is 0.382. The van der Waals surface area contributed by atoms with Crippen molar-refractivity contribution < 1.29 is 48.5 Å². The summed E-state index contributed by atoms with van der Waals surface area (Å²) in [7, 11) is 0. The highest BCUT2D eigenvalue weighted by Crippen LogP contribution is 2.29. The van der Waals surface area contributed by atoms with Crippen LogP contribution in [0.25, 0.3) is 0 Å². The van der Waals surface area contributed by atoms with E-state index in [0.717, 1.165) is 12.1 Å². The number of guanidine groups is 1. The number of carboxylic acids is 1. The number of aliphatic carboxylic acids is 1. The topological polar surface area (TPSA) is 401 Å². The number of carbonyl (C=O) groups excluding carboxylic acids is 6. The summed E-state index contributed by atoms with van der Waals surface area (Å²) < 4.78 is 0. The van der Waals surface area contributed by atoms with Crippen LogP contribution in [-0.2, 0) is 28.8 Å². The fourth-order valence-corrected chi connectivity index (χ4v) is 6.26. The third kappa shape index (κ3) is 17.9. The van der Waals surface area contributed by atoms with Crippen molar-refractivity contribution in [3.05, 3.63) is 68.3 Å². The van der Waals surface area contributed by atoms with Crippen molar-refractivity contribution in [2.24, 2.45) is 28.3 Å². The number of nitrogens with two attached hydrogens (primary N) is 3. The number of aliphatic imine (C=N–C) groups is 1. The number of rotatable bonds is 28. The van der Waals surface area contributed by atoms with Crippen molar-refractivity contribution in [3.63, 3.8) is 0 Å². The molecule has 0 aliphatic rings. The van der Waals surface area contributed by atoms with E-state index in [4.69, 9.17) is 17.2 Å². The van der Waals surface area contributed by atoms with Gasteiger partial charge in [-0.2, -0.15) is 0 Å². The maximum atomic E-state index is 13.8. The highest BCUT2D eigenvalue weighted by Gasteiger charge is 2.34. The number of nitrogens with one attached hydrogen (secondary N) is 7. The van der Waals surface area contributed by atoms with Gasteiger partial charge in [-0.05, 0) is 69.1 Å². The Morgan fingerprint density at radius 2 is 1.39 bits per heavy atom. The number of carbonyl (C=O) groups is 7. The van der Waals surface area contributed by atoms with Crippen molar-refractivity contribution in [3.8, 4) is 0 Å². The molecule has 0 fully saturated rings. The summed E-state index contributed by atoms with van der Waals surface area (Å²) in [5.41, 5.74) is 16.1. The van der Waals surface area contributed by atoms with Gasteiger partial charge < -0.3 is 59.5 Å². The van der Waals surface area contributed by atoms with Gasteiger partial charge in [0, 0.05) is 24.8 Å². The molecule has 0 spiro atoms. The van der Waals surface area contributed by atoms with Crippen LogP contribution in [0.15, 0.2) is 47.5 Å². The number of nitrogen functional groups attached to an aromatic ring is 1. The fourth-order valence-electron chi connectivity index (χ4n) is 6.26. The van der Waals surface area contributed by atoms with Crippen molar-refractivity contribution in [1.29, 1.82) is 0 Å². The number of nitro groups is 2. The minimum atomic E-state index is -1.40. The number of benzene rings is 2. The monoisotopic (exact) mass is 927 g/mol. The highest BCUT2D eigenvalue weighted by molar-refractivity contribution is 6.01. The van der Waals surface area contributed by atoms with Gasteiger partial charge in [0.05, 0.1) is 28.0 Å². The quantitative estimate of drug-likeness (QED) is 0.0137. The lowest BCUT2D eigenvalue weighted by atomic mass is 9.96. The van der Waals surface area contributed by atoms with Gasteiger partial charge >= 0.3 is 5.97 Å². The molecule has 25 nitrogen and oxygen atoms in total. The van der Waals surface area contributed by atoms with Crippen LogP contribution in [0.5, 0.6) is 0 Å². The number of nitrogens with zero attached hydrogens (tertiary/aromatic N) is 3. The molecule has 6 amide bonds. The van der Waals surface area contributed by atoms with Crippen molar-refractivity contribution in [1.82, 2.24) is 31.9 Å². The van der Waals surface area contributed by atoms with E-state index >= 15 is 0 Å². The van der Waals surface area contributed by atoms with E-state index in [-0.39, 0.29) is 68.1 Å². The van der Waals surface area contributed by atoms with Crippen LogP contribution in [0, 0.1) is 32.1 Å². The molecule has 66 heavy (non-hydrogen) atoms. The molecule has 0 saturated heterocycles. The summed E-state index contributed by atoms with van der Waals surface area (Å²) in [6.45, 7) is 7.82. The molecule has 0 saturated carbocycles. The molecule has 6 atom stereocenters. The number of non-ortho nitro benzene ring substituents is 1. The van der Waals surface area contributed by atoms with Crippen LogP contribution in [0.3, 0.4) is 0 Å². The first kappa shape index (κ1) is 54.5. The molecule has 2 aromatic carbocycles. The van der Waals surface area contributed by atoms with E-state index in [9.17, 15) is 58.9 Å². The van der Waals surface area contributed by atoms with Crippen LogP contribution in [0.1, 0.15) is 83.5 Å². The van der Waals surface area contributed by atoms with Crippen molar-refractivity contribution >= 4 is 70.1 Å². The first-order chi connectivity index (χ1) is 31.1. The number of amides is 6. The predicted molar refractivity (Wildman–Crippen MR) is 242 cm³/mol. The molecule has 362 valence electrons. The summed E-state index contributed by atoms with van der Waals surface area (Å²) in [5, 5.41) is 50.3. The third-order valence-electron chi connectivity index (χ3n) is 10.2. The number of hydrogen-bond acceptors (Lipinski definition) is 14. The molecule has 0 unspecified atom stereocenters. The zero-order valence-electron chi connectivity index (χ0n) is 37.5. The highest BCUT2D eigenvalue weighted by atomic mass is 16.6. The first-order valence-corrected chi connectivity index (χ1v) is 21.2. The lowest BCUT2D eigenvalue weighted by molar-refractivity contribution is -0.393. The van der Waals surface area contributed by atoms with Crippen molar-refractivity contribution in [2.45, 2.75) is 103 Å². The minimum Gasteiger partial charge on any atom is -0.480 e.